The molecule has 0 spiro atoms. The highest BCUT2D eigenvalue weighted by atomic mass is 19.1. The van der Waals surface area contributed by atoms with E-state index in [2.05, 4.69) is 0 Å². The minimum Gasteiger partial charge on any atom is -0.341 e. The van der Waals surface area contributed by atoms with Gasteiger partial charge in [-0.25, -0.2) is 8.78 Å². The number of benzene rings is 2. The van der Waals surface area contributed by atoms with Crippen molar-refractivity contribution < 1.29 is 13.6 Å². The van der Waals surface area contributed by atoms with Crippen molar-refractivity contribution in [2.45, 2.75) is 25.8 Å². The van der Waals surface area contributed by atoms with Crippen LogP contribution in [0.1, 0.15) is 30.4 Å². The lowest BCUT2D eigenvalue weighted by molar-refractivity contribution is -0.132. The van der Waals surface area contributed by atoms with Crippen LogP contribution in [-0.2, 0) is 11.3 Å². The Balaban J connectivity index is 2.14. The summed E-state index contributed by atoms with van der Waals surface area (Å²) in [6.45, 7) is 2.07. The van der Waals surface area contributed by atoms with Gasteiger partial charge in [-0.05, 0) is 18.1 Å². The molecule has 2 nitrogen and oxygen atoms in total. The Bertz CT molecular complexity index is 643. The summed E-state index contributed by atoms with van der Waals surface area (Å²) >= 11 is 0. The molecule has 2 aromatic rings. The van der Waals surface area contributed by atoms with Gasteiger partial charge < -0.3 is 4.90 Å². The van der Waals surface area contributed by atoms with Gasteiger partial charge in [0.25, 0.3) is 0 Å². The smallest absolute Gasteiger partial charge is 0.230 e. The highest BCUT2D eigenvalue weighted by Gasteiger charge is 2.22. The van der Waals surface area contributed by atoms with Crippen LogP contribution in [0.4, 0.5) is 8.78 Å². The fourth-order valence-electron chi connectivity index (χ4n) is 2.49. The van der Waals surface area contributed by atoms with E-state index in [1.165, 1.54) is 17.0 Å². The molecule has 1 atom stereocenters. The van der Waals surface area contributed by atoms with Crippen LogP contribution in [0.25, 0.3) is 0 Å². The third kappa shape index (κ3) is 3.70. The number of amides is 1. The third-order valence-corrected chi connectivity index (χ3v) is 3.71. The van der Waals surface area contributed by atoms with Crippen LogP contribution in [0.15, 0.2) is 48.5 Å². The summed E-state index contributed by atoms with van der Waals surface area (Å²) in [5.74, 6) is -1.58. The molecule has 1 unspecified atom stereocenters. The molecule has 1 amide bonds. The maximum absolute atomic E-state index is 13.7. The molecule has 0 saturated carbocycles. The van der Waals surface area contributed by atoms with E-state index in [1.807, 2.05) is 37.3 Å². The minimum absolute atomic E-state index is 0.0718. The molecule has 0 aliphatic carbocycles. The lowest BCUT2D eigenvalue weighted by Crippen LogP contribution is -2.31. The molecule has 0 heterocycles. The van der Waals surface area contributed by atoms with Crippen molar-refractivity contribution in [2.24, 2.45) is 0 Å². The number of hydrogen-bond donors (Lipinski definition) is 0. The molecular formula is C18H19F2NO. The quantitative estimate of drug-likeness (QED) is 0.813. The van der Waals surface area contributed by atoms with Crippen LogP contribution in [0.5, 0.6) is 0 Å². The molecule has 0 aliphatic heterocycles. The summed E-state index contributed by atoms with van der Waals surface area (Å²) in [6.07, 6.45) is 0.666. The highest BCUT2D eigenvalue weighted by molar-refractivity contribution is 5.83. The number of nitrogens with zero attached hydrogens (tertiary/aromatic N) is 1. The normalized spacial score (nSPS) is 12.0. The van der Waals surface area contributed by atoms with Gasteiger partial charge in [0.2, 0.25) is 5.91 Å². The van der Waals surface area contributed by atoms with Crippen molar-refractivity contribution in [3.63, 3.8) is 0 Å². The predicted molar refractivity (Wildman–Crippen MR) is 82.3 cm³/mol. The van der Waals surface area contributed by atoms with Crippen molar-refractivity contribution in [3.8, 4) is 0 Å². The zero-order valence-corrected chi connectivity index (χ0v) is 12.7. The Morgan fingerprint density at radius 2 is 1.82 bits per heavy atom. The largest absolute Gasteiger partial charge is 0.341 e. The molecule has 2 aromatic carbocycles. The Kier molecular flexibility index (Phi) is 5.26. The topological polar surface area (TPSA) is 20.3 Å². The van der Waals surface area contributed by atoms with Gasteiger partial charge >= 0.3 is 0 Å². The van der Waals surface area contributed by atoms with E-state index < -0.39 is 11.6 Å². The Morgan fingerprint density at radius 1 is 1.14 bits per heavy atom. The lowest BCUT2D eigenvalue weighted by atomic mass is 9.95. The van der Waals surface area contributed by atoms with Crippen molar-refractivity contribution in [2.75, 3.05) is 7.05 Å². The SMILES string of the molecule is CCC(C(=O)N(C)Cc1ccc(F)cc1F)c1ccccc1. The molecule has 0 fully saturated rings. The van der Waals surface area contributed by atoms with Crippen LogP contribution >= 0.6 is 0 Å². The van der Waals surface area contributed by atoms with Gasteiger partial charge in [-0.15, -0.1) is 0 Å². The average Bonchev–Trinajstić information content (AvgIpc) is 2.51. The molecule has 22 heavy (non-hydrogen) atoms. The van der Waals surface area contributed by atoms with E-state index >= 15 is 0 Å². The molecule has 0 saturated heterocycles. The summed E-state index contributed by atoms with van der Waals surface area (Å²) in [5, 5.41) is 0. The lowest BCUT2D eigenvalue weighted by Gasteiger charge is -2.23. The minimum atomic E-state index is -0.632. The first kappa shape index (κ1) is 16.1. The third-order valence-electron chi connectivity index (χ3n) is 3.71. The molecule has 4 heteroatoms. The zero-order valence-electron chi connectivity index (χ0n) is 12.7. The summed E-state index contributed by atoms with van der Waals surface area (Å²) < 4.78 is 26.6. The van der Waals surface area contributed by atoms with Gasteiger partial charge in [-0.3, -0.25) is 4.79 Å². The van der Waals surface area contributed by atoms with Gasteiger partial charge in [0, 0.05) is 25.2 Å². The van der Waals surface area contributed by atoms with E-state index in [0.717, 1.165) is 11.6 Å². The van der Waals surface area contributed by atoms with Crippen molar-refractivity contribution in [1.29, 1.82) is 0 Å². The predicted octanol–water partition coefficient (Wildman–Crippen LogP) is 4.12. The molecule has 0 aromatic heterocycles. The monoisotopic (exact) mass is 303 g/mol. The number of carbonyl (C=O) groups excluding carboxylic acids is 1. The Hall–Kier alpha value is -2.23. The molecule has 2 rings (SSSR count). The molecular weight excluding hydrogens is 284 g/mol. The molecule has 0 N–H and O–H groups in total. The molecule has 0 radical (unpaired) electrons. The van der Waals surface area contributed by atoms with Gasteiger partial charge in [0.05, 0.1) is 5.92 Å². The van der Waals surface area contributed by atoms with Gasteiger partial charge in [0.15, 0.2) is 0 Å². The van der Waals surface area contributed by atoms with Gasteiger partial charge in [0.1, 0.15) is 11.6 Å². The number of likely N-dealkylation sites (N-methyl/N-ethyl adjacent to an activating group) is 1. The van der Waals surface area contributed by atoms with E-state index in [0.29, 0.717) is 12.0 Å². The van der Waals surface area contributed by atoms with E-state index in [9.17, 15) is 13.6 Å². The first-order valence-corrected chi connectivity index (χ1v) is 7.26. The average molecular weight is 303 g/mol. The van der Waals surface area contributed by atoms with Crippen molar-refractivity contribution in [3.05, 3.63) is 71.3 Å². The van der Waals surface area contributed by atoms with Gasteiger partial charge in [-0.1, -0.05) is 43.3 Å². The fourth-order valence-corrected chi connectivity index (χ4v) is 2.49. The van der Waals surface area contributed by atoms with E-state index in [4.69, 9.17) is 0 Å². The first-order chi connectivity index (χ1) is 10.5. The summed E-state index contributed by atoms with van der Waals surface area (Å²) in [6, 6.07) is 12.9. The maximum atomic E-state index is 13.7. The number of hydrogen-bond acceptors (Lipinski definition) is 1. The number of carbonyl (C=O) groups is 1. The van der Waals surface area contributed by atoms with Crippen LogP contribution in [0.2, 0.25) is 0 Å². The van der Waals surface area contributed by atoms with Gasteiger partial charge in [-0.2, -0.15) is 0 Å². The second-order valence-corrected chi connectivity index (χ2v) is 5.30. The van der Waals surface area contributed by atoms with E-state index in [-0.39, 0.29) is 18.4 Å². The van der Waals surface area contributed by atoms with E-state index in [1.54, 1.807) is 7.05 Å². The second kappa shape index (κ2) is 7.16. The highest BCUT2D eigenvalue weighted by Crippen LogP contribution is 2.22. The van der Waals surface area contributed by atoms with Crippen molar-refractivity contribution in [1.82, 2.24) is 4.90 Å². The summed E-state index contributed by atoms with van der Waals surface area (Å²) in [4.78, 5) is 14.1. The van der Waals surface area contributed by atoms with Crippen LogP contribution < -0.4 is 0 Å². The standard InChI is InChI=1S/C18H19F2NO/c1-3-16(13-7-5-4-6-8-13)18(22)21(2)12-14-9-10-15(19)11-17(14)20/h4-11,16H,3,12H2,1-2H3. The molecule has 0 bridgehead atoms. The maximum Gasteiger partial charge on any atom is 0.230 e. The summed E-state index contributed by atoms with van der Waals surface area (Å²) in [7, 11) is 1.64. The first-order valence-electron chi connectivity index (χ1n) is 7.26. The Morgan fingerprint density at radius 3 is 2.41 bits per heavy atom. The van der Waals surface area contributed by atoms with Crippen LogP contribution in [-0.4, -0.2) is 17.9 Å². The zero-order chi connectivity index (χ0) is 16.1. The van der Waals surface area contributed by atoms with Crippen LogP contribution in [0, 0.1) is 11.6 Å². The summed E-state index contributed by atoms with van der Waals surface area (Å²) in [5.41, 5.74) is 1.25. The van der Waals surface area contributed by atoms with Crippen molar-refractivity contribution >= 4 is 5.91 Å². The number of rotatable bonds is 5. The molecule has 0 aliphatic rings. The van der Waals surface area contributed by atoms with Crippen LogP contribution in [0.3, 0.4) is 0 Å². The fraction of sp³-hybridized carbons (Fsp3) is 0.278. The number of halogens is 2. The Labute approximate surface area is 129 Å². The second-order valence-electron chi connectivity index (χ2n) is 5.30. The molecule has 116 valence electrons.